The Hall–Kier alpha value is -1.87. The van der Waals surface area contributed by atoms with Crippen LogP contribution in [-0.4, -0.2) is 36.9 Å². The molecule has 0 radical (unpaired) electrons. The highest BCUT2D eigenvalue weighted by Crippen LogP contribution is 2.18. The topological polar surface area (TPSA) is 89.6 Å². The number of carboxylic acids is 1. The molecular formula is C11H12F3NO4S. The lowest BCUT2D eigenvalue weighted by atomic mass is 10.4. The van der Waals surface area contributed by atoms with Crippen LogP contribution in [0.5, 0.6) is 0 Å². The van der Waals surface area contributed by atoms with E-state index in [1.807, 2.05) is 18.2 Å². The molecule has 0 aliphatic rings. The summed E-state index contributed by atoms with van der Waals surface area (Å²) in [6.45, 7) is 0.505. The summed E-state index contributed by atoms with van der Waals surface area (Å²) in [5.74, 6) is -3.05. The van der Waals surface area contributed by atoms with Gasteiger partial charge < -0.3 is 15.6 Å². The lowest BCUT2D eigenvalue weighted by molar-refractivity contribution is -0.192. The van der Waals surface area contributed by atoms with Crippen molar-refractivity contribution in [2.24, 2.45) is 5.73 Å². The highest BCUT2D eigenvalue weighted by Gasteiger charge is 2.38. The van der Waals surface area contributed by atoms with Gasteiger partial charge in [-0.3, -0.25) is 0 Å². The van der Waals surface area contributed by atoms with Crippen LogP contribution in [0, 0.1) is 0 Å². The van der Waals surface area contributed by atoms with Gasteiger partial charge in [-0.25, -0.2) is 9.59 Å². The quantitative estimate of drug-likeness (QED) is 0.835. The largest absolute Gasteiger partial charge is 0.490 e. The van der Waals surface area contributed by atoms with Crippen LogP contribution in [0.4, 0.5) is 13.2 Å². The number of thiophene rings is 1. The SMILES string of the molecule is COC(=O)c1ccc(C=CCN)s1.O=C(O)C(F)(F)F. The second kappa shape index (κ2) is 8.33. The Kier molecular flexibility index (Phi) is 7.55. The number of aliphatic carboxylic acids is 1. The second-order valence-electron chi connectivity index (χ2n) is 3.13. The number of methoxy groups -OCH3 is 1. The zero-order valence-electron chi connectivity index (χ0n) is 10.3. The molecular weight excluding hydrogens is 299 g/mol. The summed E-state index contributed by atoms with van der Waals surface area (Å²) in [6.07, 6.45) is -1.36. The van der Waals surface area contributed by atoms with E-state index in [1.165, 1.54) is 18.4 Å². The van der Waals surface area contributed by atoms with E-state index < -0.39 is 12.1 Å². The summed E-state index contributed by atoms with van der Waals surface area (Å²) in [5.41, 5.74) is 5.30. The molecule has 3 N–H and O–H groups in total. The normalized spacial score (nSPS) is 10.8. The number of hydrogen-bond acceptors (Lipinski definition) is 5. The van der Waals surface area contributed by atoms with Crippen molar-refractivity contribution in [2.75, 3.05) is 13.7 Å². The Bertz CT molecular complexity index is 482. The van der Waals surface area contributed by atoms with Crippen molar-refractivity contribution in [3.63, 3.8) is 0 Å². The summed E-state index contributed by atoms with van der Waals surface area (Å²) < 4.78 is 36.3. The van der Waals surface area contributed by atoms with Crippen molar-refractivity contribution in [3.05, 3.63) is 28.0 Å². The minimum Gasteiger partial charge on any atom is -0.475 e. The molecule has 1 heterocycles. The van der Waals surface area contributed by atoms with Gasteiger partial charge in [-0.15, -0.1) is 11.3 Å². The molecule has 0 aromatic carbocycles. The van der Waals surface area contributed by atoms with Crippen LogP contribution in [0.1, 0.15) is 14.5 Å². The van der Waals surface area contributed by atoms with E-state index >= 15 is 0 Å². The van der Waals surface area contributed by atoms with Gasteiger partial charge in [0.15, 0.2) is 0 Å². The molecule has 112 valence electrons. The molecule has 0 amide bonds. The maximum atomic E-state index is 11.0. The van der Waals surface area contributed by atoms with Gasteiger partial charge in [-0.05, 0) is 18.2 Å². The molecule has 20 heavy (non-hydrogen) atoms. The minimum absolute atomic E-state index is 0.294. The van der Waals surface area contributed by atoms with E-state index in [0.29, 0.717) is 11.4 Å². The third-order valence-electron chi connectivity index (χ3n) is 1.67. The first-order chi connectivity index (χ1) is 9.22. The zero-order valence-corrected chi connectivity index (χ0v) is 11.1. The van der Waals surface area contributed by atoms with Crippen LogP contribution in [0.15, 0.2) is 18.2 Å². The number of carbonyl (C=O) groups is 2. The summed E-state index contributed by atoms with van der Waals surface area (Å²) in [5, 5.41) is 7.12. The van der Waals surface area contributed by atoms with E-state index in [2.05, 4.69) is 4.74 Å². The molecule has 0 fully saturated rings. The number of esters is 1. The fourth-order valence-corrected chi connectivity index (χ4v) is 1.69. The third-order valence-corrected chi connectivity index (χ3v) is 2.70. The number of carbonyl (C=O) groups excluding carboxylic acids is 1. The Balaban J connectivity index is 0.000000441. The van der Waals surface area contributed by atoms with Crippen molar-refractivity contribution in [1.29, 1.82) is 0 Å². The van der Waals surface area contributed by atoms with Crippen molar-refractivity contribution in [3.8, 4) is 0 Å². The molecule has 9 heteroatoms. The van der Waals surface area contributed by atoms with Gasteiger partial charge in [0.1, 0.15) is 4.88 Å². The van der Waals surface area contributed by atoms with Crippen LogP contribution < -0.4 is 5.73 Å². The van der Waals surface area contributed by atoms with E-state index in [-0.39, 0.29) is 5.97 Å². The predicted molar refractivity (Wildman–Crippen MR) is 67.4 cm³/mol. The van der Waals surface area contributed by atoms with Gasteiger partial charge in [-0.2, -0.15) is 13.2 Å². The van der Waals surface area contributed by atoms with Gasteiger partial charge in [0.25, 0.3) is 0 Å². The predicted octanol–water partition coefficient (Wildman–Crippen LogP) is 2.14. The van der Waals surface area contributed by atoms with Crippen molar-refractivity contribution >= 4 is 29.4 Å². The van der Waals surface area contributed by atoms with E-state index in [4.69, 9.17) is 15.6 Å². The molecule has 0 bridgehead atoms. The standard InChI is InChI=1S/C9H11NO2S.C2HF3O2/c1-12-9(11)8-5-4-7(13-8)3-2-6-10;3-2(4,5)1(6)7/h2-5H,6,10H2,1H3;(H,6,7). The molecule has 0 atom stereocenters. The Morgan fingerprint density at radius 1 is 1.45 bits per heavy atom. The Labute approximate surface area is 116 Å². The van der Waals surface area contributed by atoms with Crippen molar-refractivity contribution < 1.29 is 32.6 Å². The number of nitrogens with two attached hydrogens (primary N) is 1. The van der Waals surface area contributed by atoms with Gasteiger partial charge in [0.2, 0.25) is 0 Å². The number of ether oxygens (including phenoxy) is 1. The molecule has 1 aromatic heterocycles. The smallest absolute Gasteiger partial charge is 0.475 e. The Morgan fingerprint density at radius 2 is 2.00 bits per heavy atom. The summed E-state index contributed by atoms with van der Waals surface area (Å²) >= 11 is 1.39. The van der Waals surface area contributed by atoms with Gasteiger partial charge >= 0.3 is 18.1 Å². The molecule has 0 saturated carbocycles. The number of rotatable bonds is 3. The maximum Gasteiger partial charge on any atom is 0.490 e. The summed E-state index contributed by atoms with van der Waals surface area (Å²) in [4.78, 5) is 21.6. The minimum atomic E-state index is -5.08. The van der Waals surface area contributed by atoms with Crippen LogP contribution >= 0.6 is 11.3 Å². The first kappa shape index (κ1) is 18.1. The van der Waals surface area contributed by atoms with Crippen LogP contribution in [0.3, 0.4) is 0 Å². The van der Waals surface area contributed by atoms with Gasteiger partial charge in [-0.1, -0.05) is 6.08 Å². The first-order valence-electron chi connectivity index (χ1n) is 5.07. The summed E-state index contributed by atoms with van der Waals surface area (Å²) in [6, 6.07) is 3.61. The fourth-order valence-electron chi connectivity index (χ4n) is 0.837. The highest BCUT2D eigenvalue weighted by molar-refractivity contribution is 7.14. The maximum absolute atomic E-state index is 11.0. The third kappa shape index (κ3) is 6.90. The molecule has 5 nitrogen and oxygen atoms in total. The average molecular weight is 311 g/mol. The fraction of sp³-hybridized carbons (Fsp3) is 0.273. The van der Waals surface area contributed by atoms with Crippen molar-refractivity contribution in [1.82, 2.24) is 0 Å². The average Bonchev–Trinajstić information content (AvgIpc) is 2.83. The molecule has 0 saturated heterocycles. The van der Waals surface area contributed by atoms with Crippen LogP contribution in [0.2, 0.25) is 0 Å². The highest BCUT2D eigenvalue weighted by atomic mass is 32.1. The van der Waals surface area contributed by atoms with Crippen molar-refractivity contribution in [2.45, 2.75) is 6.18 Å². The lowest BCUT2D eigenvalue weighted by Gasteiger charge is -1.93. The number of alkyl halides is 3. The monoisotopic (exact) mass is 311 g/mol. The molecule has 0 unspecified atom stereocenters. The van der Waals surface area contributed by atoms with Gasteiger partial charge in [0.05, 0.1) is 7.11 Å². The van der Waals surface area contributed by atoms with E-state index in [1.54, 1.807) is 6.07 Å². The molecule has 1 rings (SSSR count). The lowest BCUT2D eigenvalue weighted by Crippen LogP contribution is -2.21. The summed E-state index contributed by atoms with van der Waals surface area (Å²) in [7, 11) is 1.37. The molecule has 0 aliphatic heterocycles. The number of halogens is 3. The zero-order chi connectivity index (χ0) is 15.8. The van der Waals surface area contributed by atoms with E-state index in [9.17, 15) is 18.0 Å². The van der Waals surface area contributed by atoms with E-state index in [0.717, 1.165) is 4.88 Å². The Morgan fingerprint density at radius 3 is 2.40 bits per heavy atom. The number of carboxylic acid groups (broad SMARTS) is 1. The molecule has 0 aliphatic carbocycles. The van der Waals surface area contributed by atoms with Crippen LogP contribution in [0.25, 0.3) is 6.08 Å². The number of hydrogen-bond donors (Lipinski definition) is 2. The van der Waals surface area contributed by atoms with Crippen LogP contribution in [-0.2, 0) is 9.53 Å². The first-order valence-corrected chi connectivity index (χ1v) is 5.89. The van der Waals surface area contributed by atoms with Gasteiger partial charge in [0, 0.05) is 11.4 Å². The molecule has 1 aromatic rings. The molecule has 0 spiro atoms. The second-order valence-corrected chi connectivity index (χ2v) is 4.25.